The van der Waals surface area contributed by atoms with E-state index in [1.54, 1.807) is 6.07 Å². The molecule has 0 saturated carbocycles. The highest BCUT2D eigenvalue weighted by Crippen LogP contribution is 2.30. The number of carbonyl (C=O) groups excluding carboxylic acids is 2. The first-order chi connectivity index (χ1) is 13.1. The normalized spacial score (nSPS) is 20.3. The van der Waals surface area contributed by atoms with Gasteiger partial charge in [-0.05, 0) is 17.7 Å². The number of hydrogen-bond acceptors (Lipinski definition) is 4. The topological polar surface area (TPSA) is 76.5 Å². The summed E-state index contributed by atoms with van der Waals surface area (Å²) in [7, 11) is 1.46. The Morgan fingerprint density at radius 2 is 2.14 bits per heavy atom. The molecule has 150 valence electrons. The lowest BCUT2D eigenvalue weighted by Crippen LogP contribution is -2.51. The first-order valence-electron chi connectivity index (χ1n) is 8.17. The molecule has 1 N–H and O–H groups in total. The van der Waals surface area contributed by atoms with Gasteiger partial charge in [0.2, 0.25) is 5.91 Å². The minimum Gasteiger partial charge on any atom is -0.356 e. The zero-order valence-corrected chi connectivity index (χ0v) is 14.6. The van der Waals surface area contributed by atoms with Crippen LogP contribution in [-0.2, 0) is 20.9 Å². The number of amides is 2. The summed E-state index contributed by atoms with van der Waals surface area (Å²) in [5.41, 5.74) is 0.388. The molecule has 1 saturated heterocycles. The number of benzene rings is 1. The van der Waals surface area contributed by atoms with E-state index in [0.29, 0.717) is 10.2 Å². The summed E-state index contributed by atoms with van der Waals surface area (Å²) >= 11 is 0. The van der Waals surface area contributed by atoms with Crippen LogP contribution < -0.4 is 5.32 Å². The van der Waals surface area contributed by atoms with Crippen molar-refractivity contribution in [2.24, 2.45) is 0 Å². The number of rotatable bonds is 4. The third-order valence-corrected chi connectivity index (χ3v) is 4.17. The van der Waals surface area contributed by atoms with Crippen LogP contribution in [-0.4, -0.2) is 52.4 Å². The van der Waals surface area contributed by atoms with Crippen molar-refractivity contribution < 1.29 is 31.9 Å². The monoisotopic (exact) mass is 400 g/mol. The van der Waals surface area contributed by atoms with Gasteiger partial charge in [-0.1, -0.05) is 12.1 Å². The first-order valence-corrected chi connectivity index (χ1v) is 8.17. The number of nitrogens with one attached hydrogen (secondary N) is 1. The van der Waals surface area contributed by atoms with Crippen LogP contribution in [0.4, 0.5) is 23.2 Å². The largest absolute Gasteiger partial charge is 0.408 e. The highest BCUT2D eigenvalue weighted by atomic mass is 19.4. The van der Waals surface area contributed by atoms with Crippen molar-refractivity contribution in [3.63, 3.8) is 0 Å². The Morgan fingerprint density at radius 1 is 1.39 bits per heavy atom. The molecular formula is C17H16F4N4O3. The van der Waals surface area contributed by atoms with Gasteiger partial charge in [0.25, 0.3) is 5.91 Å². The van der Waals surface area contributed by atoms with Crippen LogP contribution in [0.5, 0.6) is 0 Å². The summed E-state index contributed by atoms with van der Waals surface area (Å²) in [4.78, 5) is 25.9. The molecule has 2 amide bonds. The fraction of sp³-hybridized carbons (Fsp3) is 0.353. The summed E-state index contributed by atoms with van der Waals surface area (Å²) < 4.78 is 56.9. The lowest BCUT2D eigenvalue weighted by atomic mass is 9.97. The first kappa shape index (κ1) is 19.8. The second-order valence-corrected chi connectivity index (χ2v) is 6.27. The van der Waals surface area contributed by atoms with Gasteiger partial charge in [-0.3, -0.25) is 14.3 Å². The molecule has 28 heavy (non-hydrogen) atoms. The molecule has 0 radical (unpaired) electrons. The molecule has 1 fully saturated rings. The molecule has 2 aromatic rings. The summed E-state index contributed by atoms with van der Waals surface area (Å²) in [6.07, 6.45) is -3.54. The number of nitrogens with zero attached hydrogens (tertiary/aromatic N) is 3. The lowest BCUT2D eigenvalue weighted by Gasteiger charge is -2.38. The summed E-state index contributed by atoms with van der Waals surface area (Å²) in [6.45, 7) is -1.65. The second-order valence-electron chi connectivity index (χ2n) is 6.27. The van der Waals surface area contributed by atoms with Crippen LogP contribution in [0, 0.1) is 5.82 Å². The van der Waals surface area contributed by atoms with E-state index in [0.717, 1.165) is 12.4 Å². The van der Waals surface area contributed by atoms with Crippen molar-refractivity contribution in [2.45, 2.75) is 24.9 Å². The predicted molar refractivity (Wildman–Crippen MR) is 88.6 cm³/mol. The number of halogens is 4. The van der Waals surface area contributed by atoms with Gasteiger partial charge in [0, 0.05) is 13.2 Å². The molecule has 2 unspecified atom stereocenters. The summed E-state index contributed by atoms with van der Waals surface area (Å²) in [6, 6.07) is 4.49. The third kappa shape index (κ3) is 4.47. The lowest BCUT2D eigenvalue weighted by molar-refractivity contribution is -0.160. The molecule has 2 heterocycles. The number of alkyl halides is 3. The molecule has 1 aliphatic heterocycles. The van der Waals surface area contributed by atoms with E-state index in [4.69, 9.17) is 4.74 Å². The predicted octanol–water partition coefficient (Wildman–Crippen LogP) is 2.12. The van der Waals surface area contributed by atoms with Gasteiger partial charge in [-0.25, -0.2) is 4.39 Å². The summed E-state index contributed by atoms with van der Waals surface area (Å²) in [5, 5.41) is 5.96. The van der Waals surface area contributed by atoms with E-state index < -0.39 is 42.5 Å². The minimum absolute atomic E-state index is 0.0374. The fourth-order valence-electron chi connectivity index (χ4n) is 2.93. The molecule has 3 rings (SSSR count). The Kier molecular flexibility index (Phi) is 5.36. The smallest absolute Gasteiger partial charge is 0.356 e. The molecule has 1 aromatic carbocycles. The summed E-state index contributed by atoms with van der Waals surface area (Å²) in [5.74, 6) is -1.63. The number of morpholine rings is 1. The Bertz CT molecular complexity index is 883. The number of hydrogen-bond donors (Lipinski definition) is 1. The van der Waals surface area contributed by atoms with Gasteiger partial charge in [-0.15, -0.1) is 0 Å². The van der Waals surface area contributed by atoms with E-state index in [1.165, 1.54) is 30.1 Å². The van der Waals surface area contributed by atoms with Gasteiger partial charge < -0.3 is 15.0 Å². The number of aromatic nitrogens is 2. The van der Waals surface area contributed by atoms with Crippen molar-refractivity contribution >= 4 is 17.5 Å². The van der Waals surface area contributed by atoms with Crippen molar-refractivity contribution in [1.82, 2.24) is 14.7 Å². The van der Waals surface area contributed by atoms with Gasteiger partial charge in [-0.2, -0.15) is 18.3 Å². The minimum atomic E-state index is -4.45. The molecule has 7 nitrogen and oxygen atoms in total. The molecule has 2 atom stereocenters. The van der Waals surface area contributed by atoms with Crippen LogP contribution in [0.15, 0.2) is 36.7 Å². The zero-order chi connectivity index (χ0) is 20.5. The maximum absolute atomic E-state index is 13.6. The van der Waals surface area contributed by atoms with Crippen molar-refractivity contribution in [3.8, 4) is 0 Å². The molecule has 0 bridgehead atoms. The Hall–Kier alpha value is -2.95. The Labute approximate surface area is 156 Å². The number of carbonyl (C=O) groups is 2. The van der Waals surface area contributed by atoms with E-state index in [1.807, 2.05) is 0 Å². The van der Waals surface area contributed by atoms with Crippen LogP contribution in [0.25, 0.3) is 0 Å². The quantitative estimate of drug-likeness (QED) is 0.798. The number of ether oxygens (including phenoxy) is 1. The van der Waals surface area contributed by atoms with Gasteiger partial charge >= 0.3 is 6.18 Å². The van der Waals surface area contributed by atoms with E-state index in [-0.39, 0.29) is 12.3 Å². The standard InChI is InChI=1S/C17H16F4N4O3/c1-24-13(26)8-28-15(14(24)10-3-2-4-11(18)5-10)16(27)23-12-6-22-25(7-12)9-17(19,20)21/h2-7,14-15H,8-9H2,1H3,(H,23,27). The van der Waals surface area contributed by atoms with Crippen LogP contribution in [0.2, 0.25) is 0 Å². The van der Waals surface area contributed by atoms with Crippen LogP contribution in [0.3, 0.4) is 0 Å². The number of likely N-dealkylation sites (N-methyl/N-ethyl adjacent to an activating group) is 1. The molecule has 1 aromatic heterocycles. The molecule has 0 aliphatic carbocycles. The zero-order valence-electron chi connectivity index (χ0n) is 14.6. The average molecular weight is 400 g/mol. The maximum Gasteiger partial charge on any atom is 0.408 e. The molecule has 11 heteroatoms. The molecule has 1 aliphatic rings. The average Bonchev–Trinajstić information content (AvgIpc) is 3.01. The SMILES string of the molecule is CN1C(=O)COC(C(=O)Nc2cnn(CC(F)(F)F)c2)C1c1cccc(F)c1. The third-order valence-electron chi connectivity index (χ3n) is 4.17. The van der Waals surface area contributed by atoms with E-state index >= 15 is 0 Å². The van der Waals surface area contributed by atoms with Crippen molar-refractivity contribution in [2.75, 3.05) is 19.0 Å². The van der Waals surface area contributed by atoms with Crippen LogP contribution >= 0.6 is 0 Å². The number of anilines is 1. The highest BCUT2D eigenvalue weighted by Gasteiger charge is 2.40. The second kappa shape index (κ2) is 7.58. The molecular weight excluding hydrogens is 384 g/mol. The maximum atomic E-state index is 13.6. The van der Waals surface area contributed by atoms with E-state index in [9.17, 15) is 27.2 Å². The van der Waals surface area contributed by atoms with Crippen LogP contribution in [0.1, 0.15) is 11.6 Å². The van der Waals surface area contributed by atoms with Crippen molar-refractivity contribution in [3.05, 3.63) is 48.0 Å². The highest BCUT2D eigenvalue weighted by molar-refractivity contribution is 5.96. The Balaban J connectivity index is 1.80. The molecule has 0 spiro atoms. The van der Waals surface area contributed by atoms with Gasteiger partial charge in [0.1, 0.15) is 19.0 Å². The Morgan fingerprint density at radius 3 is 2.82 bits per heavy atom. The van der Waals surface area contributed by atoms with Gasteiger partial charge in [0.15, 0.2) is 6.10 Å². The fourth-order valence-corrected chi connectivity index (χ4v) is 2.93. The van der Waals surface area contributed by atoms with Gasteiger partial charge in [0.05, 0.1) is 17.9 Å². The van der Waals surface area contributed by atoms with E-state index in [2.05, 4.69) is 10.4 Å². The van der Waals surface area contributed by atoms with Crippen molar-refractivity contribution in [1.29, 1.82) is 0 Å².